The van der Waals surface area contributed by atoms with Crippen LogP contribution in [0.2, 0.25) is 0 Å². The van der Waals surface area contributed by atoms with E-state index in [1.165, 1.54) is 7.11 Å². The van der Waals surface area contributed by atoms with E-state index in [1.54, 1.807) is 24.4 Å². The Morgan fingerprint density at radius 2 is 1.97 bits per heavy atom. The van der Waals surface area contributed by atoms with Gasteiger partial charge in [0.15, 0.2) is 0 Å². The number of imide groups is 1. The molecule has 5 rings (SSSR count). The minimum absolute atomic E-state index is 0.00265. The van der Waals surface area contributed by atoms with E-state index in [0.29, 0.717) is 43.9 Å². The van der Waals surface area contributed by atoms with Crippen molar-refractivity contribution in [2.75, 3.05) is 32.1 Å². The number of nitrogens with zero attached hydrogens (tertiary/aromatic N) is 4. The summed E-state index contributed by atoms with van der Waals surface area (Å²) in [6, 6.07) is 4.45. The monoisotopic (exact) mass is 506 g/mol. The Bertz CT molecular complexity index is 1260. The van der Waals surface area contributed by atoms with Gasteiger partial charge in [0.2, 0.25) is 11.8 Å². The van der Waals surface area contributed by atoms with E-state index < -0.39 is 17.9 Å². The summed E-state index contributed by atoms with van der Waals surface area (Å²) in [4.78, 5) is 53.8. The number of fused-ring (bicyclic) bond motifs is 1. The summed E-state index contributed by atoms with van der Waals surface area (Å²) < 4.78 is 6.87. The molecule has 3 aliphatic rings. The minimum Gasteiger partial charge on any atom is -0.380 e. The van der Waals surface area contributed by atoms with Gasteiger partial charge in [0.1, 0.15) is 12.6 Å². The molecule has 11 nitrogen and oxygen atoms in total. The number of ether oxygens (including phenoxy) is 1. The predicted octanol–water partition coefficient (Wildman–Crippen LogP) is 1.69. The largest absolute Gasteiger partial charge is 0.380 e. The number of hydrogen-bond acceptors (Lipinski definition) is 7. The van der Waals surface area contributed by atoms with Gasteiger partial charge in [-0.1, -0.05) is 12.6 Å². The Hall–Kier alpha value is -3.99. The molecule has 11 heteroatoms. The van der Waals surface area contributed by atoms with Crippen molar-refractivity contribution in [3.05, 3.63) is 59.6 Å². The van der Waals surface area contributed by atoms with E-state index in [1.807, 2.05) is 15.8 Å². The zero-order chi connectivity index (χ0) is 26.1. The zero-order valence-electron chi connectivity index (χ0n) is 20.7. The standard InChI is InChI=1S/C26H30N6O5/c1-16-6-7-21(24(34)29-16)32-25(35)19-4-3-5-20(23(19)26(32)36)27-12-17-13-28-31(14-17)18-8-10-30(11-9-18)22(33)15-37-2/h3-5,13-14,18,21,27H,1,6-12,15H2,2H3,(H,29,34). The van der Waals surface area contributed by atoms with Crippen molar-refractivity contribution in [3.8, 4) is 0 Å². The second kappa shape index (κ2) is 10.2. The number of aromatic nitrogens is 2. The summed E-state index contributed by atoms with van der Waals surface area (Å²) in [5, 5.41) is 10.4. The van der Waals surface area contributed by atoms with Crippen LogP contribution in [0.5, 0.6) is 0 Å². The fraction of sp³-hybridized carbons (Fsp3) is 0.423. The molecule has 0 bridgehead atoms. The Kier molecular flexibility index (Phi) is 6.79. The second-order valence-corrected chi connectivity index (χ2v) is 9.58. The van der Waals surface area contributed by atoms with Crippen LogP contribution < -0.4 is 10.6 Å². The van der Waals surface area contributed by atoms with Gasteiger partial charge in [-0.3, -0.25) is 28.8 Å². The molecule has 37 heavy (non-hydrogen) atoms. The number of anilines is 1. The molecule has 1 aromatic heterocycles. The van der Waals surface area contributed by atoms with E-state index in [0.717, 1.165) is 23.3 Å². The molecule has 2 fully saturated rings. The minimum atomic E-state index is -0.847. The predicted molar refractivity (Wildman–Crippen MR) is 134 cm³/mol. The molecule has 0 saturated carbocycles. The molecule has 1 aromatic carbocycles. The van der Waals surface area contributed by atoms with E-state index >= 15 is 0 Å². The van der Waals surface area contributed by atoms with Crippen molar-refractivity contribution < 1.29 is 23.9 Å². The van der Waals surface area contributed by atoms with Gasteiger partial charge >= 0.3 is 0 Å². The summed E-state index contributed by atoms with van der Waals surface area (Å²) in [6.45, 7) is 5.60. The molecule has 0 spiro atoms. The van der Waals surface area contributed by atoms with Gasteiger partial charge in [0.05, 0.1) is 23.4 Å². The molecule has 2 aromatic rings. The average molecular weight is 507 g/mol. The Morgan fingerprint density at radius 1 is 1.19 bits per heavy atom. The van der Waals surface area contributed by atoms with Crippen LogP contribution in [-0.2, 0) is 20.9 Å². The topological polar surface area (TPSA) is 126 Å². The number of nitrogens with one attached hydrogen (secondary N) is 2. The molecule has 2 saturated heterocycles. The highest BCUT2D eigenvalue weighted by Crippen LogP contribution is 2.33. The highest BCUT2D eigenvalue weighted by molar-refractivity contribution is 6.25. The lowest BCUT2D eigenvalue weighted by atomic mass is 10.0. The summed E-state index contributed by atoms with van der Waals surface area (Å²) >= 11 is 0. The SMILES string of the molecule is C=C1CCC(N2C(=O)c3cccc(NCc4cnn(C5CCN(C(=O)COC)CC5)c4)c3C2=O)C(=O)N1. The molecule has 2 N–H and O–H groups in total. The van der Waals surface area contributed by atoms with Gasteiger partial charge in [-0.2, -0.15) is 5.10 Å². The number of benzene rings is 1. The van der Waals surface area contributed by atoms with Gasteiger partial charge in [-0.25, -0.2) is 0 Å². The maximum Gasteiger partial charge on any atom is 0.264 e. The van der Waals surface area contributed by atoms with Crippen molar-refractivity contribution in [2.45, 2.75) is 44.3 Å². The van der Waals surface area contributed by atoms with Crippen LogP contribution in [0, 0.1) is 0 Å². The number of allylic oxidation sites excluding steroid dienone is 1. The van der Waals surface area contributed by atoms with E-state index in [-0.39, 0.29) is 35.6 Å². The number of piperidine rings is 2. The van der Waals surface area contributed by atoms with Gasteiger partial charge < -0.3 is 20.3 Å². The fourth-order valence-electron chi connectivity index (χ4n) is 5.20. The molecule has 1 unspecified atom stereocenters. The first-order valence-electron chi connectivity index (χ1n) is 12.4. The first-order chi connectivity index (χ1) is 17.9. The van der Waals surface area contributed by atoms with Crippen molar-refractivity contribution in [1.29, 1.82) is 0 Å². The number of carbonyl (C=O) groups is 4. The third-order valence-corrected chi connectivity index (χ3v) is 7.18. The maximum absolute atomic E-state index is 13.3. The molecule has 4 amide bonds. The lowest BCUT2D eigenvalue weighted by molar-refractivity contribution is -0.136. The zero-order valence-corrected chi connectivity index (χ0v) is 20.7. The molecule has 0 aliphatic carbocycles. The molecule has 1 atom stereocenters. The van der Waals surface area contributed by atoms with E-state index in [4.69, 9.17) is 4.74 Å². The van der Waals surface area contributed by atoms with Crippen LogP contribution >= 0.6 is 0 Å². The van der Waals surface area contributed by atoms with Crippen molar-refractivity contribution in [1.82, 2.24) is 24.9 Å². The maximum atomic E-state index is 13.3. The van der Waals surface area contributed by atoms with Crippen LogP contribution in [0.3, 0.4) is 0 Å². The molecule has 3 aliphatic heterocycles. The molecule has 4 heterocycles. The van der Waals surface area contributed by atoms with E-state index in [9.17, 15) is 19.2 Å². The molecule has 0 radical (unpaired) electrons. The Balaban J connectivity index is 1.24. The summed E-state index contributed by atoms with van der Waals surface area (Å²) in [6.07, 6.45) is 6.23. The third-order valence-electron chi connectivity index (χ3n) is 7.18. The second-order valence-electron chi connectivity index (χ2n) is 9.58. The van der Waals surface area contributed by atoms with Crippen LogP contribution in [0.1, 0.15) is 58.0 Å². The summed E-state index contributed by atoms with van der Waals surface area (Å²) in [7, 11) is 1.52. The van der Waals surface area contributed by atoms with Gasteiger partial charge in [-0.05, 0) is 37.8 Å². The highest BCUT2D eigenvalue weighted by atomic mass is 16.5. The number of methoxy groups -OCH3 is 1. The number of hydrogen-bond donors (Lipinski definition) is 2. The lowest BCUT2D eigenvalue weighted by Crippen LogP contribution is -2.51. The average Bonchev–Trinajstić information content (AvgIpc) is 3.47. The van der Waals surface area contributed by atoms with Crippen LogP contribution in [0.25, 0.3) is 0 Å². The van der Waals surface area contributed by atoms with Crippen molar-refractivity contribution >= 4 is 29.3 Å². The highest BCUT2D eigenvalue weighted by Gasteiger charge is 2.45. The van der Waals surface area contributed by atoms with Crippen LogP contribution in [-0.4, -0.2) is 76.1 Å². The Morgan fingerprint density at radius 3 is 2.70 bits per heavy atom. The quantitative estimate of drug-likeness (QED) is 0.548. The van der Waals surface area contributed by atoms with Gasteiger partial charge in [-0.15, -0.1) is 0 Å². The number of carbonyl (C=O) groups excluding carboxylic acids is 4. The molecular weight excluding hydrogens is 476 g/mol. The first kappa shape index (κ1) is 24.7. The smallest absolute Gasteiger partial charge is 0.264 e. The third kappa shape index (κ3) is 4.74. The van der Waals surface area contributed by atoms with Crippen molar-refractivity contribution in [3.63, 3.8) is 0 Å². The number of rotatable bonds is 7. The van der Waals surface area contributed by atoms with Gasteiger partial charge in [0.25, 0.3) is 11.8 Å². The first-order valence-corrected chi connectivity index (χ1v) is 12.4. The molecule has 194 valence electrons. The van der Waals surface area contributed by atoms with E-state index in [2.05, 4.69) is 22.3 Å². The van der Waals surface area contributed by atoms with Crippen LogP contribution in [0.15, 0.2) is 42.9 Å². The normalized spacial score (nSPS) is 20.3. The number of likely N-dealkylation sites (tertiary alicyclic amines) is 1. The lowest BCUT2D eigenvalue weighted by Gasteiger charge is -2.32. The Labute approximate surface area is 214 Å². The summed E-state index contributed by atoms with van der Waals surface area (Å²) in [5.41, 5.74) is 2.62. The fourth-order valence-corrected chi connectivity index (χ4v) is 5.20. The van der Waals surface area contributed by atoms with Crippen LogP contribution in [0.4, 0.5) is 5.69 Å². The van der Waals surface area contributed by atoms with Gasteiger partial charge in [0, 0.05) is 49.9 Å². The van der Waals surface area contributed by atoms with Crippen molar-refractivity contribution in [2.24, 2.45) is 0 Å². The summed E-state index contributed by atoms with van der Waals surface area (Å²) in [5.74, 6) is -1.31. The number of amides is 4. The molecular formula is C26H30N6O5.